The first kappa shape index (κ1) is 7.91. The molecule has 0 unspecified atom stereocenters. The molecule has 4 nitrogen and oxygen atoms in total. The largest absolute Gasteiger partial charge is 0.508 e. The summed E-state index contributed by atoms with van der Waals surface area (Å²) in [6.45, 7) is 0.956. The van der Waals surface area contributed by atoms with Gasteiger partial charge < -0.3 is 15.2 Å². The molecule has 2 rings (SSSR count). The number of benzene rings is 1. The molecule has 0 atom stereocenters. The molecule has 1 aliphatic heterocycles. The summed E-state index contributed by atoms with van der Waals surface area (Å²) in [5, 5.41) is 11.8. The summed E-state index contributed by atoms with van der Waals surface area (Å²) in [5.74, 6) is 0.385. The number of carbonyl (C=O) groups excluding carboxylic acids is 1. The molecule has 1 aromatic carbocycles. The van der Waals surface area contributed by atoms with Gasteiger partial charge in [0, 0.05) is 0 Å². The van der Waals surface area contributed by atoms with E-state index in [-0.39, 0.29) is 11.7 Å². The van der Waals surface area contributed by atoms with Gasteiger partial charge in [-0.15, -0.1) is 0 Å². The second-order valence-electron chi connectivity index (χ2n) is 2.78. The van der Waals surface area contributed by atoms with Crippen molar-refractivity contribution in [1.82, 2.24) is 5.32 Å². The first-order valence-corrected chi connectivity index (χ1v) is 4.01. The number of phenolic OH excluding ortho intramolecular Hbond substituents is 1. The molecule has 0 aliphatic carbocycles. The number of rotatable bonds is 0. The Kier molecular flexibility index (Phi) is 1.81. The number of aromatic hydroxyl groups is 1. The highest BCUT2D eigenvalue weighted by atomic mass is 16.5. The standard InChI is InChI=1S/C9H9NO3/c11-6-1-2-8-7(5-6)9(12)10-3-4-13-8/h1-2,5,11H,3-4H2,(H,10,12). The van der Waals surface area contributed by atoms with Crippen LogP contribution in [0.2, 0.25) is 0 Å². The van der Waals surface area contributed by atoms with Crippen LogP contribution in [0.3, 0.4) is 0 Å². The minimum absolute atomic E-state index is 0.0689. The van der Waals surface area contributed by atoms with Crippen molar-refractivity contribution in [3.05, 3.63) is 23.8 Å². The van der Waals surface area contributed by atoms with E-state index in [9.17, 15) is 4.79 Å². The highest BCUT2D eigenvalue weighted by Crippen LogP contribution is 2.24. The van der Waals surface area contributed by atoms with Crippen LogP contribution < -0.4 is 10.1 Å². The van der Waals surface area contributed by atoms with Crippen molar-refractivity contribution >= 4 is 5.91 Å². The lowest BCUT2D eigenvalue weighted by atomic mass is 10.2. The van der Waals surface area contributed by atoms with Gasteiger partial charge in [-0.3, -0.25) is 4.79 Å². The average Bonchev–Trinajstić information content (AvgIpc) is 2.29. The van der Waals surface area contributed by atoms with E-state index < -0.39 is 0 Å². The van der Waals surface area contributed by atoms with Crippen LogP contribution in [0, 0.1) is 0 Å². The van der Waals surface area contributed by atoms with Gasteiger partial charge >= 0.3 is 0 Å². The van der Waals surface area contributed by atoms with E-state index >= 15 is 0 Å². The van der Waals surface area contributed by atoms with E-state index in [0.29, 0.717) is 24.5 Å². The van der Waals surface area contributed by atoms with Crippen molar-refractivity contribution in [2.75, 3.05) is 13.2 Å². The third-order valence-electron chi connectivity index (χ3n) is 1.85. The van der Waals surface area contributed by atoms with Crippen LogP contribution >= 0.6 is 0 Å². The fourth-order valence-electron chi connectivity index (χ4n) is 1.24. The first-order valence-electron chi connectivity index (χ1n) is 4.01. The van der Waals surface area contributed by atoms with Gasteiger partial charge in [0.2, 0.25) is 0 Å². The van der Waals surface area contributed by atoms with Gasteiger partial charge in [-0.2, -0.15) is 0 Å². The predicted molar refractivity (Wildman–Crippen MR) is 45.9 cm³/mol. The zero-order valence-corrected chi connectivity index (χ0v) is 6.91. The monoisotopic (exact) mass is 179 g/mol. The number of hydrogen-bond acceptors (Lipinski definition) is 3. The summed E-state index contributed by atoms with van der Waals surface area (Å²) in [7, 11) is 0. The normalized spacial score (nSPS) is 15.2. The number of amides is 1. The molecule has 0 aromatic heterocycles. The number of phenols is 1. The van der Waals surface area contributed by atoms with Crippen LogP contribution in [0.15, 0.2) is 18.2 Å². The highest BCUT2D eigenvalue weighted by Gasteiger charge is 2.16. The molecule has 0 bridgehead atoms. The van der Waals surface area contributed by atoms with E-state index in [1.54, 1.807) is 6.07 Å². The predicted octanol–water partition coefficient (Wildman–Crippen LogP) is 0.514. The zero-order chi connectivity index (χ0) is 9.26. The Morgan fingerprint density at radius 2 is 2.31 bits per heavy atom. The maximum atomic E-state index is 11.4. The fourth-order valence-corrected chi connectivity index (χ4v) is 1.24. The molecule has 68 valence electrons. The molecule has 1 aliphatic rings. The smallest absolute Gasteiger partial charge is 0.255 e. The summed E-state index contributed by atoms with van der Waals surface area (Å²) in [4.78, 5) is 11.4. The van der Waals surface area contributed by atoms with Crippen LogP contribution in [0.25, 0.3) is 0 Å². The van der Waals surface area contributed by atoms with Gasteiger partial charge in [0.1, 0.15) is 18.1 Å². The Labute approximate surface area is 75.1 Å². The number of ether oxygens (including phenoxy) is 1. The highest BCUT2D eigenvalue weighted by molar-refractivity contribution is 5.97. The number of nitrogens with one attached hydrogen (secondary N) is 1. The maximum absolute atomic E-state index is 11.4. The summed E-state index contributed by atoms with van der Waals surface area (Å²) >= 11 is 0. The number of fused-ring (bicyclic) bond motifs is 1. The number of hydrogen-bond donors (Lipinski definition) is 2. The van der Waals surface area contributed by atoms with Crippen molar-refractivity contribution in [2.24, 2.45) is 0 Å². The van der Waals surface area contributed by atoms with E-state index in [4.69, 9.17) is 9.84 Å². The Morgan fingerprint density at radius 3 is 3.15 bits per heavy atom. The van der Waals surface area contributed by atoms with Crippen LogP contribution in [0.1, 0.15) is 10.4 Å². The summed E-state index contributed by atoms with van der Waals surface area (Å²) in [5.41, 5.74) is 0.387. The lowest BCUT2D eigenvalue weighted by Gasteiger charge is -2.04. The zero-order valence-electron chi connectivity index (χ0n) is 6.91. The van der Waals surface area contributed by atoms with Crippen LogP contribution in [0.4, 0.5) is 0 Å². The quantitative estimate of drug-likeness (QED) is 0.610. The van der Waals surface area contributed by atoms with Crippen molar-refractivity contribution in [2.45, 2.75) is 0 Å². The maximum Gasteiger partial charge on any atom is 0.255 e. The van der Waals surface area contributed by atoms with Crippen LogP contribution in [-0.4, -0.2) is 24.2 Å². The van der Waals surface area contributed by atoms with E-state index in [2.05, 4.69) is 5.32 Å². The second kappa shape index (κ2) is 2.97. The minimum atomic E-state index is -0.205. The van der Waals surface area contributed by atoms with Crippen molar-refractivity contribution in [3.63, 3.8) is 0 Å². The third kappa shape index (κ3) is 1.42. The van der Waals surface area contributed by atoms with Crippen LogP contribution in [0.5, 0.6) is 11.5 Å². The molecule has 4 heteroatoms. The van der Waals surface area contributed by atoms with Crippen molar-refractivity contribution in [3.8, 4) is 11.5 Å². The molecule has 0 fully saturated rings. The second-order valence-corrected chi connectivity index (χ2v) is 2.78. The van der Waals surface area contributed by atoms with Gasteiger partial charge in [0.15, 0.2) is 0 Å². The molecule has 1 heterocycles. The molecule has 0 saturated carbocycles. The SMILES string of the molecule is O=C1NCCOc2ccc(O)cc21. The molecule has 1 amide bonds. The summed E-state index contributed by atoms with van der Waals surface area (Å²) < 4.78 is 5.28. The van der Waals surface area contributed by atoms with Gasteiger partial charge in [-0.1, -0.05) is 0 Å². The molecular weight excluding hydrogens is 170 g/mol. The molecule has 1 aromatic rings. The van der Waals surface area contributed by atoms with Gasteiger partial charge in [0.25, 0.3) is 5.91 Å². The van der Waals surface area contributed by atoms with Crippen molar-refractivity contribution < 1.29 is 14.6 Å². The number of carbonyl (C=O) groups is 1. The summed E-state index contributed by atoms with van der Waals surface area (Å²) in [6.07, 6.45) is 0. The lowest BCUT2D eigenvalue weighted by Crippen LogP contribution is -2.24. The minimum Gasteiger partial charge on any atom is -0.508 e. The lowest BCUT2D eigenvalue weighted by molar-refractivity contribution is 0.0957. The molecule has 0 spiro atoms. The Bertz CT molecular complexity index is 349. The van der Waals surface area contributed by atoms with E-state index in [1.165, 1.54) is 12.1 Å². The molecule has 0 saturated heterocycles. The molecule has 0 radical (unpaired) electrons. The van der Waals surface area contributed by atoms with Gasteiger partial charge in [0.05, 0.1) is 12.1 Å². The van der Waals surface area contributed by atoms with Crippen molar-refractivity contribution in [1.29, 1.82) is 0 Å². The third-order valence-corrected chi connectivity index (χ3v) is 1.85. The Hall–Kier alpha value is -1.71. The Morgan fingerprint density at radius 1 is 1.46 bits per heavy atom. The average molecular weight is 179 g/mol. The van der Waals surface area contributed by atoms with Crippen LogP contribution in [-0.2, 0) is 0 Å². The van der Waals surface area contributed by atoms with Gasteiger partial charge in [-0.05, 0) is 18.2 Å². The molecular formula is C9H9NO3. The first-order chi connectivity index (χ1) is 6.27. The fraction of sp³-hybridized carbons (Fsp3) is 0.222. The summed E-state index contributed by atoms with van der Waals surface area (Å²) in [6, 6.07) is 4.49. The molecule has 2 N–H and O–H groups in total. The van der Waals surface area contributed by atoms with E-state index in [0.717, 1.165) is 0 Å². The van der Waals surface area contributed by atoms with E-state index in [1.807, 2.05) is 0 Å². The Balaban J connectivity index is 2.49. The topological polar surface area (TPSA) is 58.6 Å². The molecule has 13 heavy (non-hydrogen) atoms. The van der Waals surface area contributed by atoms with Gasteiger partial charge in [-0.25, -0.2) is 0 Å².